The van der Waals surface area contributed by atoms with Gasteiger partial charge in [0.2, 0.25) is 5.95 Å². The van der Waals surface area contributed by atoms with E-state index in [0.29, 0.717) is 28.9 Å². The third-order valence-corrected chi connectivity index (χ3v) is 5.86. The number of amides is 1. The van der Waals surface area contributed by atoms with Crippen molar-refractivity contribution < 1.29 is 9.18 Å². The molecule has 1 saturated heterocycles. The highest BCUT2D eigenvalue weighted by atomic mass is 19.1. The standard InChI is InChI=1S/C24H30FN7O/c1-15(2)18-12-29-22(23(33)26-9-7-25)19-13-28-21(11-17(18)19)30-20-6-8-27-24(31-20)32-10-4-5-16(3)14-32/h6,8,11-13,15-16H,4-5,7,9-10,14H2,1-3H3,(H,26,33)(H,27,28,30,31). The van der Waals surface area contributed by atoms with Crippen LogP contribution >= 0.6 is 0 Å². The van der Waals surface area contributed by atoms with Crippen LogP contribution in [0.15, 0.2) is 30.7 Å². The molecule has 8 nitrogen and oxygen atoms in total. The molecule has 174 valence electrons. The highest BCUT2D eigenvalue weighted by Gasteiger charge is 2.19. The fraction of sp³-hybridized carbons (Fsp3) is 0.458. The normalized spacial score (nSPS) is 16.3. The molecule has 4 heterocycles. The van der Waals surface area contributed by atoms with Crippen LogP contribution in [0.25, 0.3) is 10.8 Å². The van der Waals surface area contributed by atoms with Gasteiger partial charge in [-0.1, -0.05) is 20.8 Å². The number of piperidine rings is 1. The van der Waals surface area contributed by atoms with Gasteiger partial charge < -0.3 is 15.5 Å². The number of nitrogens with one attached hydrogen (secondary N) is 2. The summed E-state index contributed by atoms with van der Waals surface area (Å²) in [4.78, 5) is 32.7. The van der Waals surface area contributed by atoms with Gasteiger partial charge in [-0.05, 0) is 47.8 Å². The monoisotopic (exact) mass is 451 g/mol. The highest BCUT2D eigenvalue weighted by molar-refractivity contribution is 6.06. The quantitative estimate of drug-likeness (QED) is 0.555. The Labute approximate surface area is 193 Å². The smallest absolute Gasteiger partial charge is 0.270 e. The Bertz CT molecular complexity index is 1140. The molecule has 3 aromatic rings. The molecule has 33 heavy (non-hydrogen) atoms. The van der Waals surface area contributed by atoms with Crippen molar-refractivity contribution in [2.75, 3.05) is 36.5 Å². The molecule has 3 aromatic heterocycles. The Kier molecular flexibility index (Phi) is 6.96. The van der Waals surface area contributed by atoms with Crippen LogP contribution in [0, 0.1) is 5.92 Å². The predicted molar refractivity (Wildman–Crippen MR) is 128 cm³/mol. The highest BCUT2D eigenvalue weighted by Crippen LogP contribution is 2.29. The van der Waals surface area contributed by atoms with Gasteiger partial charge in [0.1, 0.15) is 24.0 Å². The first-order chi connectivity index (χ1) is 16.0. The van der Waals surface area contributed by atoms with Gasteiger partial charge in [-0.2, -0.15) is 4.98 Å². The van der Waals surface area contributed by atoms with Crippen LogP contribution in [0.3, 0.4) is 0 Å². The number of anilines is 3. The summed E-state index contributed by atoms with van der Waals surface area (Å²) in [6.45, 7) is 7.63. The molecule has 9 heteroatoms. The second kappa shape index (κ2) is 10.1. The summed E-state index contributed by atoms with van der Waals surface area (Å²) in [6, 6.07) is 3.72. The van der Waals surface area contributed by atoms with Crippen molar-refractivity contribution in [3.8, 4) is 0 Å². The van der Waals surface area contributed by atoms with Gasteiger partial charge in [0.05, 0.1) is 0 Å². The van der Waals surface area contributed by atoms with Crippen LogP contribution in [-0.2, 0) is 0 Å². The number of rotatable bonds is 7. The summed E-state index contributed by atoms with van der Waals surface area (Å²) in [5.41, 5.74) is 1.24. The molecule has 1 amide bonds. The van der Waals surface area contributed by atoms with E-state index in [0.717, 1.165) is 30.5 Å². The topological polar surface area (TPSA) is 95.9 Å². The molecular formula is C24H30FN7O. The Morgan fingerprint density at radius 2 is 2.06 bits per heavy atom. The van der Waals surface area contributed by atoms with E-state index in [-0.39, 0.29) is 18.2 Å². The number of pyridine rings is 2. The molecule has 0 spiro atoms. The molecule has 0 aromatic carbocycles. The van der Waals surface area contributed by atoms with Crippen LogP contribution in [-0.4, -0.2) is 52.2 Å². The summed E-state index contributed by atoms with van der Waals surface area (Å²) in [5.74, 6) is 2.40. The minimum atomic E-state index is -0.628. The van der Waals surface area contributed by atoms with Gasteiger partial charge in [-0.3, -0.25) is 9.78 Å². The molecule has 1 unspecified atom stereocenters. The number of alkyl halides is 1. The lowest BCUT2D eigenvalue weighted by molar-refractivity contribution is 0.0947. The predicted octanol–water partition coefficient (Wildman–Crippen LogP) is 4.22. The van der Waals surface area contributed by atoms with Crippen molar-refractivity contribution >= 4 is 34.3 Å². The molecule has 4 rings (SSSR count). The average Bonchev–Trinajstić information content (AvgIpc) is 2.81. The van der Waals surface area contributed by atoms with E-state index in [2.05, 4.69) is 51.3 Å². The maximum absolute atomic E-state index is 12.5. The van der Waals surface area contributed by atoms with Crippen LogP contribution in [0.1, 0.15) is 55.6 Å². The molecule has 0 radical (unpaired) electrons. The number of hydrogen-bond donors (Lipinski definition) is 2. The molecule has 0 saturated carbocycles. The van der Waals surface area contributed by atoms with Crippen molar-refractivity contribution in [1.82, 2.24) is 25.3 Å². The second-order valence-corrected chi connectivity index (χ2v) is 8.84. The van der Waals surface area contributed by atoms with E-state index in [1.165, 1.54) is 6.42 Å². The number of nitrogens with zero attached hydrogens (tertiary/aromatic N) is 5. The number of carbonyl (C=O) groups excluding carboxylic acids is 1. The van der Waals surface area contributed by atoms with Gasteiger partial charge >= 0.3 is 0 Å². The Balaban J connectivity index is 1.64. The van der Waals surface area contributed by atoms with Crippen molar-refractivity contribution in [3.63, 3.8) is 0 Å². The minimum absolute atomic E-state index is 0.0488. The van der Waals surface area contributed by atoms with Gasteiger partial charge in [0.15, 0.2) is 0 Å². The van der Waals surface area contributed by atoms with Crippen LogP contribution in [0.2, 0.25) is 0 Å². The van der Waals surface area contributed by atoms with E-state index in [4.69, 9.17) is 4.98 Å². The summed E-state index contributed by atoms with van der Waals surface area (Å²) >= 11 is 0. The number of carbonyl (C=O) groups is 1. The first-order valence-corrected chi connectivity index (χ1v) is 11.4. The molecule has 1 aliphatic rings. The molecule has 2 N–H and O–H groups in total. The molecule has 0 aliphatic carbocycles. The zero-order chi connectivity index (χ0) is 23.4. The Morgan fingerprint density at radius 3 is 2.82 bits per heavy atom. The van der Waals surface area contributed by atoms with Crippen LogP contribution in [0.5, 0.6) is 0 Å². The van der Waals surface area contributed by atoms with Crippen molar-refractivity contribution in [2.24, 2.45) is 5.92 Å². The number of fused-ring (bicyclic) bond motifs is 1. The molecule has 0 bridgehead atoms. The zero-order valence-corrected chi connectivity index (χ0v) is 19.3. The van der Waals surface area contributed by atoms with Crippen LogP contribution < -0.4 is 15.5 Å². The maximum Gasteiger partial charge on any atom is 0.270 e. The van der Waals surface area contributed by atoms with Gasteiger partial charge in [0.25, 0.3) is 5.91 Å². The Hall–Kier alpha value is -3.36. The SMILES string of the molecule is CC1CCCN(c2nccc(Nc3cc4c(C(C)C)cnc(C(=O)NCCF)c4cn3)n2)C1. The largest absolute Gasteiger partial charge is 0.348 e. The van der Waals surface area contributed by atoms with E-state index in [1.807, 2.05) is 12.1 Å². The fourth-order valence-electron chi connectivity index (χ4n) is 4.18. The third-order valence-electron chi connectivity index (χ3n) is 5.86. The van der Waals surface area contributed by atoms with Gasteiger partial charge in [-0.15, -0.1) is 0 Å². The lowest BCUT2D eigenvalue weighted by Crippen LogP contribution is -2.35. The zero-order valence-electron chi connectivity index (χ0n) is 19.3. The summed E-state index contributed by atoms with van der Waals surface area (Å²) < 4.78 is 12.5. The summed E-state index contributed by atoms with van der Waals surface area (Å²) in [5, 5.41) is 7.33. The summed E-state index contributed by atoms with van der Waals surface area (Å²) in [6.07, 6.45) is 7.47. The van der Waals surface area contributed by atoms with E-state index in [1.54, 1.807) is 18.6 Å². The average molecular weight is 452 g/mol. The van der Waals surface area contributed by atoms with Crippen molar-refractivity contribution in [3.05, 3.63) is 42.0 Å². The van der Waals surface area contributed by atoms with Gasteiger partial charge in [-0.25, -0.2) is 14.4 Å². The van der Waals surface area contributed by atoms with Crippen molar-refractivity contribution in [2.45, 2.75) is 39.5 Å². The van der Waals surface area contributed by atoms with Crippen LogP contribution in [0.4, 0.5) is 22.0 Å². The van der Waals surface area contributed by atoms with E-state index >= 15 is 0 Å². The van der Waals surface area contributed by atoms with Gasteiger partial charge in [0, 0.05) is 43.6 Å². The third kappa shape index (κ3) is 5.18. The second-order valence-electron chi connectivity index (χ2n) is 8.84. The van der Waals surface area contributed by atoms with Crippen molar-refractivity contribution in [1.29, 1.82) is 0 Å². The lowest BCUT2D eigenvalue weighted by atomic mass is 9.98. The van der Waals surface area contributed by atoms with E-state index < -0.39 is 12.6 Å². The molecule has 1 atom stereocenters. The number of halogens is 1. The molecule has 1 fully saturated rings. The summed E-state index contributed by atoms with van der Waals surface area (Å²) in [7, 11) is 0. The number of aromatic nitrogens is 4. The minimum Gasteiger partial charge on any atom is -0.348 e. The maximum atomic E-state index is 12.5. The fourth-order valence-corrected chi connectivity index (χ4v) is 4.18. The first kappa shape index (κ1) is 22.8. The first-order valence-electron chi connectivity index (χ1n) is 11.4. The molecular weight excluding hydrogens is 421 g/mol. The van der Waals surface area contributed by atoms with E-state index in [9.17, 15) is 9.18 Å². The lowest BCUT2D eigenvalue weighted by Gasteiger charge is -2.30. The number of hydrogen-bond acceptors (Lipinski definition) is 7. The molecule has 1 aliphatic heterocycles. The Morgan fingerprint density at radius 1 is 1.21 bits per heavy atom.